The molecule has 2 aliphatic rings. The number of hydrogen-bond donors (Lipinski definition) is 1. The van der Waals surface area contributed by atoms with E-state index in [9.17, 15) is 9.59 Å². The first-order chi connectivity index (χ1) is 16.5. The summed E-state index contributed by atoms with van der Waals surface area (Å²) in [5.41, 5.74) is 5.87. The van der Waals surface area contributed by atoms with Crippen LogP contribution in [0.15, 0.2) is 66.9 Å². The van der Waals surface area contributed by atoms with Gasteiger partial charge in [-0.05, 0) is 54.8 Å². The molecule has 0 radical (unpaired) electrons. The molecule has 2 aromatic carbocycles. The summed E-state index contributed by atoms with van der Waals surface area (Å²) in [6.07, 6.45) is 2.17. The molecule has 2 aromatic heterocycles. The average molecular weight is 452 g/mol. The standard InChI is InChI=1S/C27H25N5O2/c1-17-11-13-28-23(15-17)29-24(33)16-32-22-10-6-3-7-18(22)19-12-14-31-26(25(19)32)30(2)21-9-5-4-8-20(21)27(31)34/h3-11,13,15,26H,12,14,16H2,1-2H3,(H,28,29,33). The molecule has 1 atom stereocenters. The van der Waals surface area contributed by atoms with Crippen molar-refractivity contribution in [1.82, 2.24) is 14.5 Å². The Morgan fingerprint density at radius 3 is 2.76 bits per heavy atom. The molecule has 1 unspecified atom stereocenters. The van der Waals surface area contributed by atoms with Gasteiger partial charge in [0.1, 0.15) is 18.5 Å². The molecular weight excluding hydrogens is 426 g/mol. The number of aryl methyl sites for hydroxylation is 1. The van der Waals surface area contributed by atoms with Crippen molar-refractivity contribution in [2.45, 2.75) is 26.1 Å². The fourth-order valence-corrected chi connectivity index (χ4v) is 5.41. The van der Waals surface area contributed by atoms with E-state index in [0.717, 1.165) is 39.8 Å². The Morgan fingerprint density at radius 2 is 1.91 bits per heavy atom. The summed E-state index contributed by atoms with van der Waals surface area (Å²) in [5.74, 6) is 0.425. The number of hydrogen-bond acceptors (Lipinski definition) is 4. The van der Waals surface area contributed by atoms with Crippen LogP contribution in [-0.4, -0.2) is 39.9 Å². The second kappa shape index (κ2) is 7.73. The molecule has 0 aliphatic carbocycles. The van der Waals surface area contributed by atoms with Gasteiger partial charge in [-0.25, -0.2) is 4.98 Å². The lowest BCUT2D eigenvalue weighted by molar-refractivity contribution is -0.116. The highest BCUT2D eigenvalue weighted by Crippen LogP contribution is 2.44. The van der Waals surface area contributed by atoms with Gasteiger partial charge in [-0.15, -0.1) is 0 Å². The Bertz CT molecular complexity index is 1460. The predicted molar refractivity (Wildman–Crippen MR) is 132 cm³/mol. The molecule has 7 heteroatoms. The zero-order valence-corrected chi connectivity index (χ0v) is 19.2. The van der Waals surface area contributed by atoms with Gasteiger partial charge in [0.05, 0.1) is 16.9 Å². The van der Waals surface area contributed by atoms with E-state index >= 15 is 0 Å². The van der Waals surface area contributed by atoms with E-state index < -0.39 is 0 Å². The number of aromatic nitrogens is 2. The summed E-state index contributed by atoms with van der Waals surface area (Å²) in [5, 5.41) is 4.07. The number of pyridine rings is 1. The van der Waals surface area contributed by atoms with Crippen molar-refractivity contribution in [1.29, 1.82) is 0 Å². The van der Waals surface area contributed by atoms with Crippen LogP contribution in [0.1, 0.15) is 33.3 Å². The monoisotopic (exact) mass is 451 g/mol. The number of benzene rings is 2. The minimum atomic E-state index is -0.275. The van der Waals surface area contributed by atoms with Crippen molar-refractivity contribution in [3.63, 3.8) is 0 Å². The summed E-state index contributed by atoms with van der Waals surface area (Å²) in [6.45, 7) is 2.75. The number of nitrogens with zero attached hydrogens (tertiary/aromatic N) is 4. The van der Waals surface area contributed by atoms with E-state index in [4.69, 9.17) is 0 Å². The van der Waals surface area contributed by atoms with Gasteiger partial charge < -0.3 is 19.7 Å². The molecule has 6 rings (SSSR count). The topological polar surface area (TPSA) is 70.5 Å². The van der Waals surface area contributed by atoms with Gasteiger partial charge >= 0.3 is 0 Å². The van der Waals surface area contributed by atoms with E-state index in [1.807, 2.05) is 67.4 Å². The van der Waals surface area contributed by atoms with Crippen LogP contribution in [0.3, 0.4) is 0 Å². The molecule has 2 aliphatic heterocycles. The van der Waals surface area contributed by atoms with E-state index in [0.29, 0.717) is 12.4 Å². The number of fused-ring (bicyclic) bond motifs is 6. The highest BCUT2D eigenvalue weighted by Gasteiger charge is 2.42. The van der Waals surface area contributed by atoms with Gasteiger partial charge in [0.15, 0.2) is 0 Å². The third-order valence-corrected chi connectivity index (χ3v) is 6.89. The van der Waals surface area contributed by atoms with Gasteiger partial charge in [-0.2, -0.15) is 0 Å². The maximum Gasteiger partial charge on any atom is 0.257 e. The maximum atomic E-state index is 13.4. The van der Waals surface area contributed by atoms with Crippen molar-refractivity contribution >= 4 is 34.2 Å². The first-order valence-electron chi connectivity index (χ1n) is 11.5. The second-order valence-corrected chi connectivity index (χ2v) is 8.98. The second-order valence-electron chi connectivity index (χ2n) is 8.98. The average Bonchev–Trinajstić information content (AvgIpc) is 3.16. The predicted octanol–water partition coefficient (Wildman–Crippen LogP) is 4.13. The third kappa shape index (κ3) is 3.08. The summed E-state index contributed by atoms with van der Waals surface area (Å²) in [7, 11) is 2.02. The maximum absolute atomic E-state index is 13.4. The van der Waals surface area contributed by atoms with Crippen molar-refractivity contribution in [2.75, 3.05) is 23.8 Å². The summed E-state index contributed by atoms with van der Waals surface area (Å²) < 4.78 is 2.07. The third-order valence-electron chi connectivity index (χ3n) is 6.89. The van der Waals surface area contributed by atoms with Crippen molar-refractivity contribution in [3.8, 4) is 0 Å². The number of rotatable bonds is 3. The van der Waals surface area contributed by atoms with E-state index in [2.05, 4.69) is 31.9 Å². The lowest BCUT2D eigenvalue weighted by Gasteiger charge is -2.46. The highest BCUT2D eigenvalue weighted by atomic mass is 16.2. The Kier molecular flexibility index (Phi) is 4.65. The van der Waals surface area contributed by atoms with Gasteiger partial charge in [0.2, 0.25) is 5.91 Å². The summed E-state index contributed by atoms with van der Waals surface area (Å²) in [4.78, 5) is 34.9. The Hall–Kier alpha value is -4.13. The lowest BCUT2D eigenvalue weighted by Crippen LogP contribution is -2.51. The van der Waals surface area contributed by atoms with Crippen LogP contribution in [-0.2, 0) is 17.8 Å². The van der Waals surface area contributed by atoms with Gasteiger partial charge in [-0.1, -0.05) is 30.3 Å². The first kappa shape index (κ1) is 20.5. The number of anilines is 2. The van der Waals surface area contributed by atoms with Gasteiger partial charge in [-0.3, -0.25) is 9.59 Å². The largest absolute Gasteiger partial charge is 0.349 e. The van der Waals surface area contributed by atoms with Crippen LogP contribution in [0, 0.1) is 6.92 Å². The SMILES string of the molecule is Cc1ccnc(NC(=O)Cn2c3c(c4ccccc42)CCN2C(=O)c4ccccc4N(C)C32)c1. The molecule has 0 bridgehead atoms. The molecule has 170 valence electrons. The molecule has 0 saturated carbocycles. The lowest BCUT2D eigenvalue weighted by atomic mass is 9.96. The molecule has 7 nitrogen and oxygen atoms in total. The van der Waals surface area contributed by atoms with Gasteiger partial charge in [0, 0.05) is 30.7 Å². The Morgan fingerprint density at radius 1 is 1.12 bits per heavy atom. The van der Waals surface area contributed by atoms with E-state index in [-0.39, 0.29) is 24.5 Å². The van der Waals surface area contributed by atoms with Crippen LogP contribution in [0.5, 0.6) is 0 Å². The van der Waals surface area contributed by atoms with Crippen LogP contribution in [0.25, 0.3) is 10.9 Å². The van der Waals surface area contributed by atoms with E-state index in [1.165, 1.54) is 5.56 Å². The Labute approximate surface area is 197 Å². The van der Waals surface area contributed by atoms with Gasteiger partial charge in [0.25, 0.3) is 5.91 Å². The zero-order chi connectivity index (χ0) is 23.4. The highest BCUT2D eigenvalue weighted by molar-refractivity contribution is 6.03. The number of nitrogens with one attached hydrogen (secondary N) is 1. The van der Waals surface area contributed by atoms with Crippen LogP contribution in [0.2, 0.25) is 0 Å². The molecule has 34 heavy (non-hydrogen) atoms. The normalized spacial score (nSPS) is 16.8. The molecule has 0 fully saturated rings. The fraction of sp³-hybridized carbons (Fsp3) is 0.222. The van der Waals surface area contributed by atoms with Crippen LogP contribution in [0.4, 0.5) is 11.5 Å². The Balaban J connectivity index is 1.46. The molecule has 4 heterocycles. The van der Waals surface area contributed by atoms with Crippen molar-refractivity contribution < 1.29 is 9.59 Å². The molecule has 0 spiro atoms. The number of amides is 2. The zero-order valence-electron chi connectivity index (χ0n) is 19.2. The fourth-order valence-electron chi connectivity index (χ4n) is 5.41. The number of carbonyl (C=O) groups excluding carboxylic acids is 2. The van der Waals surface area contributed by atoms with E-state index in [1.54, 1.807) is 6.20 Å². The smallest absolute Gasteiger partial charge is 0.257 e. The quantitative estimate of drug-likeness (QED) is 0.509. The molecule has 1 N–H and O–H groups in total. The van der Waals surface area contributed by atoms with Crippen LogP contribution < -0.4 is 10.2 Å². The molecule has 4 aromatic rings. The first-order valence-corrected chi connectivity index (χ1v) is 11.5. The van der Waals surface area contributed by atoms with Crippen LogP contribution >= 0.6 is 0 Å². The van der Waals surface area contributed by atoms with Crippen molar-refractivity contribution in [2.24, 2.45) is 0 Å². The van der Waals surface area contributed by atoms with Crippen molar-refractivity contribution in [3.05, 3.63) is 89.2 Å². The summed E-state index contributed by atoms with van der Waals surface area (Å²) >= 11 is 0. The summed E-state index contributed by atoms with van der Waals surface area (Å²) in [6, 6.07) is 19.7. The minimum Gasteiger partial charge on any atom is -0.349 e. The minimum absolute atomic E-state index is 0.0366. The number of carbonyl (C=O) groups is 2. The molecule has 2 amide bonds. The number of para-hydroxylation sites is 2. The molecule has 0 saturated heterocycles. The molecular formula is C27H25N5O2.